The molecule has 9 nitrogen and oxygen atoms in total. The molecule has 0 bridgehead atoms. The van der Waals surface area contributed by atoms with E-state index in [1.165, 1.54) is 36.2 Å². The summed E-state index contributed by atoms with van der Waals surface area (Å²) in [6.07, 6.45) is 0. The van der Waals surface area contributed by atoms with Crippen LogP contribution in [-0.2, 0) is 17.9 Å². The summed E-state index contributed by atoms with van der Waals surface area (Å²) in [5.74, 6) is 0.848. The molecule has 0 aliphatic carbocycles. The maximum Gasteiger partial charge on any atom is 0.332 e. The van der Waals surface area contributed by atoms with Crippen molar-refractivity contribution in [3.8, 4) is 11.5 Å². The quantitative estimate of drug-likeness (QED) is 0.339. The number of hydrogen-bond acceptors (Lipinski definition) is 7. The molecule has 0 saturated heterocycles. The number of carbonyl (C=O) groups excluding carboxylic acids is 1. The highest BCUT2D eigenvalue weighted by atomic mass is 35.5. The Morgan fingerprint density at radius 1 is 1.06 bits per heavy atom. The monoisotopic (exact) mass is 525 g/mol. The molecule has 0 spiro atoms. The van der Waals surface area contributed by atoms with Gasteiger partial charge < -0.3 is 19.2 Å². The third-order valence-electron chi connectivity index (χ3n) is 5.67. The van der Waals surface area contributed by atoms with Gasteiger partial charge in [-0.15, -0.1) is 11.3 Å². The van der Waals surface area contributed by atoms with Gasteiger partial charge in [0.05, 0.1) is 32.0 Å². The van der Waals surface area contributed by atoms with Gasteiger partial charge in [0.1, 0.15) is 28.5 Å². The van der Waals surface area contributed by atoms with Crippen LogP contribution in [0.25, 0.3) is 20.3 Å². The van der Waals surface area contributed by atoms with E-state index in [1.54, 1.807) is 24.3 Å². The van der Waals surface area contributed by atoms with E-state index < -0.39 is 17.2 Å². The number of methoxy groups -OCH3 is 2. The molecule has 0 aliphatic rings. The number of rotatable bonds is 7. The van der Waals surface area contributed by atoms with Gasteiger partial charge in [0, 0.05) is 16.2 Å². The highest BCUT2D eigenvalue weighted by Crippen LogP contribution is 2.32. The Morgan fingerprint density at radius 3 is 2.58 bits per heavy atom. The molecule has 0 fully saturated rings. The first kappa shape index (κ1) is 23.7. The normalized spacial score (nSPS) is 11.2. The molecule has 5 rings (SSSR count). The van der Waals surface area contributed by atoms with Gasteiger partial charge in [-0.3, -0.25) is 18.7 Å². The minimum atomic E-state index is -0.638. The Hall–Kier alpha value is -4.02. The SMILES string of the molecule is COc1ccc(NC(=O)Cn2c(=O)n(Cc3ccc(Cl)o3)c(=O)c3sc4ccccc4c32)c(OC)c1. The molecule has 0 unspecified atom stereocenters. The van der Waals surface area contributed by atoms with Gasteiger partial charge in [-0.05, 0) is 41.9 Å². The zero-order valence-corrected chi connectivity index (χ0v) is 20.8. The number of ether oxygens (including phenoxy) is 2. The number of furan rings is 1. The summed E-state index contributed by atoms with van der Waals surface area (Å²) in [5.41, 5.74) is -0.268. The van der Waals surface area contributed by atoms with E-state index in [0.29, 0.717) is 33.2 Å². The summed E-state index contributed by atoms with van der Waals surface area (Å²) >= 11 is 7.14. The number of carbonyl (C=O) groups is 1. The standard InChI is InChI=1S/C25H20ClN3O6S/c1-33-14-7-9-17(18(11-14)34-2)27-21(30)13-28-22-16-5-3-4-6-19(16)36-23(22)24(31)29(25(28)32)12-15-8-10-20(26)35-15/h3-11H,12-13H2,1-2H3,(H,27,30). The first-order chi connectivity index (χ1) is 17.4. The molecule has 5 aromatic rings. The number of benzene rings is 2. The third kappa shape index (κ3) is 4.25. The topological polar surface area (TPSA) is 105 Å². The fourth-order valence-electron chi connectivity index (χ4n) is 4.01. The molecule has 0 aliphatic heterocycles. The Morgan fingerprint density at radius 2 is 1.86 bits per heavy atom. The Kier molecular flexibility index (Phi) is 6.29. The molecule has 0 atom stereocenters. The van der Waals surface area contributed by atoms with E-state index in [0.717, 1.165) is 14.7 Å². The molecule has 0 radical (unpaired) electrons. The molecule has 3 heterocycles. The van der Waals surface area contributed by atoms with Crippen LogP contribution >= 0.6 is 22.9 Å². The number of aromatic nitrogens is 2. The minimum Gasteiger partial charge on any atom is -0.497 e. The van der Waals surface area contributed by atoms with E-state index in [1.807, 2.05) is 24.3 Å². The van der Waals surface area contributed by atoms with Crippen LogP contribution in [0.2, 0.25) is 5.22 Å². The predicted octanol–water partition coefficient (Wildman–Crippen LogP) is 4.33. The number of nitrogens with zero attached hydrogens (tertiary/aromatic N) is 2. The van der Waals surface area contributed by atoms with E-state index in [2.05, 4.69) is 5.32 Å². The van der Waals surface area contributed by atoms with E-state index in [9.17, 15) is 14.4 Å². The Balaban J connectivity index is 1.61. The van der Waals surface area contributed by atoms with Crippen LogP contribution < -0.4 is 26.0 Å². The van der Waals surface area contributed by atoms with Crippen molar-refractivity contribution in [2.24, 2.45) is 0 Å². The molecule has 1 amide bonds. The fourth-order valence-corrected chi connectivity index (χ4v) is 5.33. The van der Waals surface area contributed by atoms with Crippen LogP contribution in [0.3, 0.4) is 0 Å². The maximum atomic E-state index is 13.6. The zero-order valence-electron chi connectivity index (χ0n) is 19.2. The number of hydrogen-bond donors (Lipinski definition) is 1. The van der Waals surface area contributed by atoms with Crippen LogP contribution in [-0.4, -0.2) is 29.3 Å². The van der Waals surface area contributed by atoms with Crippen molar-refractivity contribution in [1.29, 1.82) is 0 Å². The number of amides is 1. The lowest BCUT2D eigenvalue weighted by Crippen LogP contribution is -2.41. The molecule has 2 aromatic carbocycles. The number of nitrogens with one attached hydrogen (secondary N) is 1. The second-order valence-corrected chi connectivity index (χ2v) is 9.28. The largest absolute Gasteiger partial charge is 0.497 e. The molecular weight excluding hydrogens is 506 g/mol. The van der Waals surface area contributed by atoms with Gasteiger partial charge in [0.15, 0.2) is 5.22 Å². The summed E-state index contributed by atoms with van der Waals surface area (Å²) in [5, 5.41) is 3.65. The highest BCUT2D eigenvalue weighted by molar-refractivity contribution is 7.25. The van der Waals surface area contributed by atoms with E-state index >= 15 is 0 Å². The van der Waals surface area contributed by atoms with E-state index in [4.69, 9.17) is 25.5 Å². The van der Waals surface area contributed by atoms with E-state index in [-0.39, 0.29) is 18.3 Å². The second kappa shape index (κ2) is 9.56. The second-order valence-electron chi connectivity index (χ2n) is 7.86. The van der Waals surface area contributed by atoms with Gasteiger partial charge >= 0.3 is 5.69 Å². The van der Waals surface area contributed by atoms with Crippen molar-refractivity contribution in [3.05, 3.63) is 86.4 Å². The lowest BCUT2D eigenvalue weighted by molar-refractivity contribution is -0.116. The van der Waals surface area contributed by atoms with Crippen molar-refractivity contribution in [2.45, 2.75) is 13.1 Å². The van der Waals surface area contributed by atoms with Gasteiger partial charge in [0.2, 0.25) is 5.91 Å². The Labute approximate surface area is 213 Å². The Bertz CT molecular complexity index is 1730. The van der Waals surface area contributed by atoms with Gasteiger partial charge in [-0.1, -0.05) is 18.2 Å². The number of fused-ring (bicyclic) bond motifs is 3. The highest BCUT2D eigenvalue weighted by Gasteiger charge is 2.21. The summed E-state index contributed by atoms with van der Waals surface area (Å²) in [6, 6.07) is 15.5. The minimum absolute atomic E-state index is 0.123. The van der Waals surface area contributed by atoms with Crippen molar-refractivity contribution in [2.75, 3.05) is 19.5 Å². The molecular formula is C25H20ClN3O6S. The maximum absolute atomic E-state index is 13.6. The predicted molar refractivity (Wildman–Crippen MR) is 139 cm³/mol. The van der Waals surface area contributed by atoms with Crippen molar-refractivity contribution in [1.82, 2.24) is 9.13 Å². The number of anilines is 1. The van der Waals surface area contributed by atoms with Crippen molar-refractivity contribution >= 4 is 54.8 Å². The number of thiophene rings is 1. The lowest BCUT2D eigenvalue weighted by Gasteiger charge is -2.14. The molecule has 11 heteroatoms. The van der Waals surface area contributed by atoms with Crippen LogP contribution in [0.1, 0.15) is 5.76 Å². The van der Waals surface area contributed by atoms with Gasteiger partial charge in [0.25, 0.3) is 5.56 Å². The van der Waals surface area contributed by atoms with Gasteiger partial charge in [-0.2, -0.15) is 0 Å². The van der Waals surface area contributed by atoms with Crippen LogP contribution in [0.4, 0.5) is 5.69 Å². The smallest absolute Gasteiger partial charge is 0.332 e. The number of halogens is 1. The van der Waals surface area contributed by atoms with Crippen LogP contribution in [0.5, 0.6) is 11.5 Å². The molecule has 36 heavy (non-hydrogen) atoms. The first-order valence-electron chi connectivity index (χ1n) is 10.8. The zero-order chi connectivity index (χ0) is 25.4. The summed E-state index contributed by atoms with van der Waals surface area (Å²) in [7, 11) is 3.01. The van der Waals surface area contributed by atoms with Crippen molar-refractivity contribution in [3.63, 3.8) is 0 Å². The summed E-state index contributed by atoms with van der Waals surface area (Å²) < 4.78 is 19.5. The molecule has 0 saturated carbocycles. The average Bonchev–Trinajstić information content (AvgIpc) is 3.48. The fraction of sp³-hybridized carbons (Fsp3) is 0.160. The van der Waals surface area contributed by atoms with Crippen molar-refractivity contribution < 1.29 is 18.7 Å². The van der Waals surface area contributed by atoms with Gasteiger partial charge in [-0.25, -0.2) is 4.79 Å². The molecule has 1 N–H and O–H groups in total. The average molecular weight is 526 g/mol. The summed E-state index contributed by atoms with van der Waals surface area (Å²) in [4.78, 5) is 40.1. The molecule has 3 aromatic heterocycles. The van der Waals surface area contributed by atoms with Crippen LogP contribution in [0, 0.1) is 0 Å². The molecule has 184 valence electrons. The summed E-state index contributed by atoms with van der Waals surface area (Å²) in [6.45, 7) is -0.451. The first-order valence-corrected chi connectivity index (χ1v) is 12.0. The van der Waals surface area contributed by atoms with Crippen LogP contribution in [0.15, 0.2) is 68.6 Å². The third-order valence-corrected chi connectivity index (χ3v) is 7.02. The lowest BCUT2D eigenvalue weighted by atomic mass is 10.2.